The van der Waals surface area contributed by atoms with Crippen LogP contribution < -0.4 is 10.6 Å². The first-order valence-corrected chi connectivity index (χ1v) is 5.86. The SMILES string of the molecule is NCCC(c1ccc(Cl)cc1)[P+](=O)[O-]. The summed E-state index contributed by atoms with van der Waals surface area (Å²) in [5.41, 5.74) is 5.59. The summed E-state index contributed by atoms with van der Waals surface area (Å²) < 4.78 is 10.9. The topological polar surface area (TPSA) is 66.2 Å². The minimum atomic E-state index is -2.48. The highest BCUT2D eigenvalue weighted by molar-refractivity contribution is 7.36. The molecule has 0 bridgehead atoms. The summed E-state index contributed by atoms with van der Waals surface area (Å²) in [5.74, 6) is 0. The second-order valence-corrected chi connectivity index (χ2v) is 4.56. The Hall–Kier alpha value is -0.470. The van der Waals surface area contributed by atoms with E-state index in [9.17, 15) is 9.46 Å². The van der Waals surface area contributed by atoms with Crippen LogP contribution in [-0.2, 0) is 4.57 Å². The van der Waals surface area contributed by atoms with Gasteiger partial charge < -0.3 is 10.6 Å². The Morgan fingerprint density at radius 3 is 2.43 bits per heavy atom. The molecule has 0 aliphatic rings. The number of nitrogens with two attached hydrogens (primary N) is 1. The Morgan fingerprint density at radius 2 is 2.00 bits per heavy atom. The van der Waals surface area contributed by atoms with Gasteiger partial charge in [-0.3, -0.25) is 0 Å². The molecular formula is C9H11ClNO2P. The van der Waals surface area contributed by atoms with Crippen LogP contribution in [-0.4, -0.2) is 6.54 Å². The first-order chi connectivity index (χ1) is 6.65. The molecule has 2 atom stereocenters. The molecule has 76 valence electrons. The smallest absolute Gasteiger partial charge is 0.316 e. The van der Waals surface area contributed by atoms with Crippen LogP contribution in [0.15, 0.2) is 24.3 Å². The van der Waals surface area contributed by atoms with Gasteiger partial charge in [0, 0.05) is 17.0 Å². The molecule has 1 rings (SSSR count). The van der Waals surface area contributed by atoms with Crippen LogP contribution in [0.4, 0.5) is 0 Å². The molecule has 0 heterocycles. The molecule has 2 unspecified atom stereocenters. The second kappa shape index (κ2) is 5.42. The maximum Gasteiger partial charge on any atom is 0.316 e. The van der Waals surface area contributed by atoms with E-state index in [2.05, 4.69) is 0 Å². The molecule has 0 saturated heterocycles. The van der Waals surface area contributed by atoms with E-state index in [4.69, 9.17) is 17.3 Å². The Balaban J connectivity index is 2.87. The second-order valence-electron chi connectivity index (χ2n) is 2.93. The van der Waals surface area contributed by atoms with Crippen LogP contribution in [0.1, 0.15) is 17.6 Å². The number of halogens is 1. The van der Waals surface area contributed by atoms with E-state index in [1.54, 1.807) is 24.3 Å². The predicted molar refractivity (Wildman–Crippen MR) is 55.5 cm³/mol. The molecule has 2 N–H and O–H groups in total. The van der Waals surface area contributed by atoms with Gasteiger partial charge in [-0.05, 0) is 18.7 Å². The van der Waals surface area contributed by atoms with Crippen LogP contribution in [0.2, 0.25) is 5.02 Å². The van der Waals surface area contributed by atoms with Crippen LogP contribution in [0, 0.1) is 0 Å². The van der Waals surface area contributed by atoms with Crippen molar-refractivity contribution in [2.45, 2.75) is 12.1 Å². The fraction of sp³-hybridized carbons (Fsp3) is 0.333. The van der Waals surface area contributed by atoms with Crippen molar-refractivity contribution < 1.29 is 9.46 Å². The zero-order chi connectivity index (χ0) is 10.6. The summed E-state index contributed by atoms with van der Waals surface area (Å²) in [6, 6.07) is 6.79. The van der Waals surface area contributed by atoms with Gasteiger partial charge in [0.1, 0.15) is 0 Å². The Morgan fingerprint density at radius 1 is 1.43 bits per heavy atom. The fourth-order valence-electron chi connectivity index (χ4n) is 1.24. The molecule has 14 heavy (non-hydrogen) atoms. The highest BCUT2D eigenvalue weighted by atomic mass is 35.5. The van der Waals surface area contributed by atoms with Crippen molar-refractivity contribution in [2.24, 2.45) is 5.73 Å². The molecule has 0 aromatic heterocycles. The summed E-state index contributed by atoms with van der Waals surface area (Å²) >= 11 is 5.70. The number of rotatable bonds is 4. The van der Waals surface area contributed by atoms with Gasteiger partial charge in [0.25, 0.3) is 0 Å². The molecular weight excluding hydrogens is 221 g/mol. The zero-order valence-electron chi connectivity index (χ0n) is 7.52. The number of hydrogen-bond acceptors (Lipinski definition) is 3. The molecule has 0 aliphatic heterocycles. The number of hydrogen-bond donors (Lipinski definition) is 1. The maximum absolute atomic E-state index is 10.9. The third-order valence-corrected chi connectivity index (χ3v) is 3.27. The molecule has 1 aromatic rings. The molecule has 3 nitrogen and oxygen atoms in total. The number of benzene rings is 1. The molecule has 0 amide bonds. The van der Waals surface area contributed by atoms with E-state index in [1.165, 1.54) is 0 Å². The quantitative estimate of drug-likeness (QED) is 0.804. The highest BCUT2D eigenvalue weighted by Gasteiger charge is 2.22. The summed E-state index contributed by atoms with van der Waals surface area (Å²) in [6.45, 7) is 0.358. The minimum absolute atomic E-state index is 0.358. The van der Waals surface area contributed by atoms with Gasteiger partial charge in [0.05, 0.1) is 0 Å². The van der Waals surface area contributed by atoms with Crippen molar-refractivity contribution in [3.63, 3.8) is 0 Å². The zero-order valence-corrected chi connectivity index (χ0v) is 9.17. The molecule has 0 fully saturated rings. The molecule has 0 aliphatic carbocycles. The van der Waals surface area contributed by atoms with Crippen molar-refractivity contribution in [1.29, 1.82) is 0 Å². The fourth-order valence-corrected chi connectivity index (χ4v) is 2.14. The van der Waals surface area contributed by atoms with Crippen molar-refractivity contribution >= 4 is 19.6 Å². The van der Waals surface area contributed by atoms with Crippen LogP contribution in [0.3, 0.4) is 0 Å². The lowest BCUT2D eigenvalue weighted by molar-refractivity contribution is -0.166. The van der Waals surface area contributed by atoms with Gasteiger partial charge in [0.15, 0.2) is 5.66 Å². The average Bonchev–Trinajstić information content (AvgIpc) is 2.15. The molecule has 1 aromatic carbocycles. The van der Waals surface area contributed by atoms with Gasteiger partial charge in [0.2, 0.25) is 0 Å². The van der Waals surface area contributed by atoms with Crippen molar-refractivity contribution in [2.75, 3.05) is 6.54 Å². The van der Waals surface area contributed by atoms with Crippen LogP contribution in [0.25, 0.3) is 0 Å². The highest BCUT2D eigenvalue weighted by Crippen LogP contribution is 2.37. The first-order valence-electron chi connectivity index (χ1n) is 4.24. The molecule has 0 saturated carbocycles. The molecule has 0 spiro atoms. The summed E-state index contributed by atoms with van der Waals surface area (Å²) in [4.78, 5) is 10.9. The summed E-state index contributed by atoms with van der Waals surface area (Å²) in [5, 5.41) is 0.598. The Labute approximate surface area is 88.8 Å². The first kappa shape index (κ1) is 11.6. The molecule has 5 heteroatoms. The Bertz CT molecular complexity index is 315. The lowest BCUT2D eigenvalue weighted by Crippen LogP contribution is -2.08. The van der Waals surface area contributed by atoms with Crippen molar-refractivity contribution in [3.05, 3.63) is 34.9 Å². The monoisotopic (exact) mass is 231 g/mol. The van der Waals surface area contributed by atoms with Gasteiger partial charge >= 0.3 is 8.03 Å². The van der Waals surface area contributed by atoms with Crippen LogP contribution >= 0.6 is 19.6 Å². The van der Waals surface area contributed by atoms with Gasteiger partial charge in [-0.25, -0.2) is 0 Å². The van der Waals surface area contributed by atoms with E-state index in [1.807, 2.05) is 0 Å². The van der Waals surface area contributed by atoms with Crippen LogP contribution in [0.5, 0.6) is 0 Å². The van der Waals surface area contributed by atoms with E-state index >= 15 is 0 Å². The normalized spacial score (nSPS) is 13.8. The standard InChI is InChI=1S/C9H11ClNO2P/c10-8-3-1-7(2-4-8)9(5-6-11)14(12)13/h1-4,9H,5-6,11H2. The van der Waals surface area contributed by atoms with E-state index in [0.29, 0.717) is 18.0 Å². The van der Waals surface area contributed by atoms with E-state index in [0.717, 1.165) is 5.56 Å². The average molecular weight is 232 g/mol. The van der Waals surface area contributed by atoms with Gasteiger partial charge in [-0.1, -0.05) is 28.3 Å². The van der Waals surface area contributed by atoms with Gasteiger partial charge in [-0.15, -0.1) is 0 Å². The van der Waals surface area contributed by atoms with E-state index < -0.39 is 13.7 Å². The predicted octanol–water partition coefficient (Wildman–Crippen LogP) is 1.83. The third kappa shape index (κ3) is 3.03. The summed E-state index contributed by atoms with van der Waals surface area (Å²) in [7, 11) is -2.48. The van der Waals surface area contributed by atoms with E-state index in [-0.39, 0.29) is 0 Å². The summed E-state index contributed by atoms with van der Waals surface area (Å²) in [6.07, 6.45) is 0.445. The Kier molecular flexibility index (Phi) is 4.49. The van der Waals surface area contributed by atoms with Crippen molar-refractivity contribution in [1.82, 2.24) is 0 Å². The van der Waals surface area contributed by atoms with Crippen molar-refractivity contribution in [3.8, 4) is 0 Å². The lowest BCUT2D eigenvalue weighted by Gasteiger charge is -2.07. The largest absolute Gasteiger partial charge is 0.595 e. The lowest BCUT2D eigenvalue weighted by atomic mass is 10.1. The maximum atomic E-state index is 10.9. The third-order valence-electron chi connectivity index (χ3n) is 1.95. The van der Waals surface area contributed by atoms with Gasteiger partial charge in [-0.2, -0.15) is 0 Å². The minimum Gasteiger partial charge on any atom is -0.595 e. The molecule has 0 radical (unpaired) electrons.